The predicted octanol–water partition coefficient (Wildman–Crippen LogP) is 4.78. The van der Waals surface area contributed by atoms with Gasteiger partial charge in [-0.05, 0) is 71.1 Å². The van der Waals surface area contributed by atoms with E-state index in [-0.39, 0.29) is 23.5 Å². The van der Waals surface area contributed by atoms with E-state index >= 15 is 0 Å². The fourth-order valence-electron chi connectivity index (χ4n) is 4.24. The lowest BCUT2D eigenvalue weighted by Gasteiger charge is -2.15. The summed E-state index contributed by atoms with van der Waals surface area (Å²) in [6.45, 7) is 1.56. The zero-order chi connectivity index (χ0) is 29.4. The van der Waals surface area contributed by atoms with Gasteiger partial charge in [0, 0.05) is 18.8 Å². The zero-order valence-electron chi connectivity index (χ0n) is 22.1. The molecule has 41 heavy (non-hydrogen) atoms. The fourth-order valence-corrected chi connectivity index (χ4v) is 5.45. The number of anilines is 1. The molecule has 3 N–H and O–H groups in total. The van der Waals surface area contributed by atoms with Crippen LogP contribution in [-0.4, -0.2) is 49.5 Å². The summed E-state index contributed by atoms with van der Waals surface area (Å²) < 4.78 is 36.7. The summed E-state index contributed by atoms with van der Waals surface area (Å²) in [6, 6.07) is 22.5. The molecule has 0 aliphatic carbocycles. The van der Waals surface area contributed by atoms with Gasteiger partial charge >= 0.3 is 6.09 Å². The first-order valence-corrected chi connectivity index (χ1v) is 14.9. The highest BCUT2D eigenvalue weighted by atomic mass is 32.2. The molecule has 1 aromatic heterocycles. The van der Waals surface area contributed by atoms with Crippen molar-refractivity contribution < 1.29 is 27.3 Å². The van der Waals surface area contributed by atoms with Crippen LogP contribution >= 0.6 is 11.3 Å². The van der Waals surface area contributed by atoms with Gasteiger partial charge in [-0.2, -0.15) is 13.7 Å². The largest absolute Gasteiger partial charge is 0.444 e. The number of fused-ring (bicyclic) bond motifs is 1. The highest BCUT2D eigenvalue weighted by Gasteiger charge is 2.30. The SMILES string of the molecule is CN[C@H]1CCN(Cc2csc(C#N)c2)C1=O.O=C(Nc1ccc2ccc(S(=O)(=O)O)cc2c1)OCc1ccccc1. The molecule has 4 aromatic rings. The van der Waals surface area contributed by atoms with E-state index in [4.69, 9.17) is 14.6 Å². The number of hydrogen-bond donors (Lipinski definition) is 3. The third kappa shape index (κ3) is 8.12. The van der Waals surface area contributed by atoms with Gasteiger partial charge in [0.1, 0.15) is 17.6 Å². The fraction of sp³-hybridized carbons (Fsp3) is 0.207. The van der Waals surface area contributed by atoms with Crippen LogP contribution in [0.1, 0.15) is 22.4 Å². The molecule has 1 aliphatic heterocycles. The number of nitrogens with one attached hydrogen (secondary N) is 2. The summed E-state index contributed by atoms with van der Waals surface area (Å²) in [6.07, 6.45) is 0.249. The number of rotatable bonds is 7. The second kappa shape index (κ2) is 13.4. The lowest BCUT2D eigenvalue weighted by molar-refractivity contribution is -0.129. The van der Waals surface area contributed by atoms with Crippen molar-refractivity contribution >= 4 is 49.9 Å². The number of carbonyl (C=O) groups excluding carboxylic acids is 2. The Morgan fingerprint density at radius 3 is 2.51 bits per heavy atom. The van der Waals surface area contributed by atoms with E-state index in [1.165, 1.54) is 23.5 Å². The zero-order valence-corrected chi connectivity index (χ0v) is 23.7. The van der Waals surface area contributed by atoms with Gasteiger partial charge in [-0.1, -0.05) is 42.5 Å². The van der Waals surface area contributed by atoms with Gasteiger partial charge in [-0.25, -0.2) is 4.79 Å². The van der Waals surface area contributed by atoms with Crippen LogP contribution in [0.3, 0.4) is 0 Å². The first-order valence-electron chi connectivity index (χ1n) is 12.6. The van der Waals surface area contributed by atoms with Gasteiger partial charge in [0.15, 0.2) is 0 Å². The van der Waals surface area contributed by atoms with E-state index in [1.54, 1.807) is 24.3 Å². The van der Waals surface area contributed by atoms with Gasteiger partial charge in [-0.15, -0.1) is 11.3 Å². The van der Waals surface area contributed by atoms with Gasteiger partial charge in [-0.3, -0.25) is 14.7 Å². The summed E-state index contributed by atoms with van der Waals surface area (Å²) in [5, 5.41) is 17.6. The van der Waals surface area contributed by atoms with Crippen molar-refractivity contribution in [3.05, 3.63) is 94.2 Å². The van der Waals surface area contributed by atoms with E-state index in [9.17, 15) is 18.0 Å². The third-order valence-corrected chi connectivity index (χ3v) is 8.09. The van der Waals surface area contributed by atoms with Crippen LogP contribution in [-0.2, 0) is 32.8 Å². The van der Waals surface area contributed by atoms with Crippen LogP contribution in [0.2, 0.25) is 0 Å². The number of nitrogens with zero attached hydrogens (tertiary/aromatic N) is 2. The number of likely N-dealkylation sites (N-methyl/N-ethyl adjacent to an activating group) is 1. The lowest BCUT2D eigenvalue weighted by Crippen LogP contribution is -2.35. The van der Waals surface area contributed by atoms with Crippen LogP contribution in [0.4, 0.5) is 10.5 Å². The minimum Gasteiger partial charge on any atom is -0.444 e. The topological polar surface area (TPSA) is 149 Å². The number of nitriles is 1. The van der Waals surface area contributed by atoms with Crippen LogP contribution in [0.15, 0.2) is 83.1 Å². The van der Waals surface area contributed by atoms with Gasteiger partial charge < -0.3 is 15.0 Å². The Kier molecular flexibility index (Phi) is 9.69. The molecule has 1 aliphatic rings. The quantitative estimate of drug-likeness (QED) is 0.260. The molecule has 0 radical (unpaired) electrons. The Balaban J connectivity index is 0.000000208. The van der Waals surface area contributed by atoms with Crippen LogP contribution in [0.5, 0.6) is 0 Å². The number of benzene rings is 3. The summed E-state index contributed by atoms with van der Waals surface area (Å²) in [7, 11) is -2.47. The molecule has 5 rings (SSSR count). The highest BCUT2D eigenvalue weighted by molar-refractivity contribution is 7.85. The number of hydrogen-bond acceptors (Lipinski definition) is 8. The first kappa shape index (κ1) is 29.7. The summed E-state index contributed by atoms with van der Waals surface area (Å²) in [5.74, 6) is 0.159. The molecule has 1 fully saturated rings. The summed E-state index contributed by atoms with van der Waals surface area (Å²) >= 11 is 1.43. The summed E-state index contributed by atoms with van der Waals surface area (Å²) in [5.41, 5.74) is 2.37. The van der Waals surface area contributed by atoms with E-state index < -0.39 is 16.2 Å². The molecular formula is C29H28N4O6S2. The second-order valence-electron chi connectivity index (χ2n) is 9.21. The van der Waals surface area contributed by atoms with Crippen LogP contribution in [0.25, 0.3) is 10.8 Å². The highest BCUT2D eigenvalue weighted by Crippen LogP contribution is 2.23. The molecule has 1 atom stereocenters. The molecule has 1 saturated heterocycles. The van der Waals surface area contributed by atoms with Crippen molar-refractivity contribution in [2.45, 2.75) is 30.5 Å². The van der Waals surface area contributed by atoms with Crippen molar-refractivity contribution in [2.24, 2.45) is 0 Å². The molecule has 0 bridgehead atoms. The number of thiophene rings is 1. The number of amides is 2. The molecule has 2 amide bonds. The van der Waals surface area contributed by atoms with Crippen molar-refractivity contribution in [3.63, 3.8) is 0 Å². The minimum atomic E-state index is -4.28. The maximum Gasteiger partial charge on any atom is 0.411 e. The smallest absolute Gasteiger partial charge is 0.411 e. The number of ether oxygens (including phenoxy) is 1. The van der Waals surface area contributed by atoms with E-state index in [0.29, 0.717) is 22.5 Å². The molecule has 3 aromatic carbocycles. The molecular weight excluding hydrogens is 564 g/mol. The Bertz CT molecular complexity index is 1680. The Morgan fingerprint density at radius 1 is 1.10 bits per heavy atom. The van der Waals surface area contributed by atoms with Crippen molar-refractivity contribution in [2.75, 3.05) is 18.9 Å². The number of likely N-dealkylation sites (tertiary alicyclic amines) is 1. The number of carbonyl (C=O) groups is 2. The van der Waals surface area contributed by atoms with Crippen LogP contribution < -0.4 is 10.6 Å². The average Bonchev–Trinajstić information content (AvgIpc) is 3.58. The maximum atomic E-state index is 11.9. The summed E-state index contributed by atoms with van der Waals surface area (Å²) in [4.78, 5) is 26.0. The molecule has 0 saturated carbocycles. The normalized spacial score (nSPS) is 14.7. The molecule has 0 unspecified atom stereocenters. The second-order valence-corrected chi connectivity index (χ2v) is 11.5. The monoisotopic (exact) mass is 592 g/mol. The minimum absolute atomic E-state index is 0.0333. The predicted molar refractivity (Wildman–Crippen MR) is 156 cm³/mol. The molecule has 0 spiro atoms. The Labute approximate surface area is 241 Å². The van der Waals surface area contributed by atoms with E-state index in [0.717, 1.165) is 29.5 Å². The van der Waals surface area contributed by atoms with Crippen LogP contribution in [0, 0.1) is 11.3 Å². The Morgan fingerprint density at radius 2 is 1.85 bits per heavy atom. The van der Waals surface area contributed by atoms with Crippen molar-refractivity contribution in [3.8, 4) is 6.07 Å². The van der Waals surface area contributed by atoms with Gasteiger partial charge in [0.2, 0.25) is 5.91 Å². The average molecular weight is 593 g/mol. The Hall–Kier alpha value is -4.28. The molecule has 12 heteroatoms. The van der Waals surface area contributed by atoms with E-state index in [1.807, 2.05) is 53.7 Å². The molecule has 2 heterocycles. The van der Waals surface area contributed by atoms with Gasteiger partial charge in [0.05, 0.1) is 10.9 Å². The lowest BCUT2D eigenvalue weighted by atomic mass is 10.1. The standard InChI is InChI=1S/C18H15NO5S.C11H13N3OS/c20-18(24-12-13-4-2-1-3-5-13)19-16-8-6-14-7-9-17(25(21,22)23)11-15(14)10-16;1-13-10-2-3-14(11(10)15)6-8-4-9(5-12)16-7-8/h1-11H,12H2,(H,19,20)(H,21,22,23);4,7,10,13H,2-3,6H2,1H3/t;10-/m.0/s1. The maximum absolute atomic E-state index is 11.9. The van der Waals surface area contributed by atoms with Gasteiger partial charge in [0.25, 0.3) is 10.1 Å². The van der Waals surface area contributed by atoms with Crippen molar-refractivity contribution in [1.82, 2.24) is 10.2 Å². The molecule has 10 nitrogen and oxygen atoms in total. The first-order chi connectivity index (χ1) is 19.7. The van der Waals surface area contributed by atoms with E-state index in [2.05, 4.69) is 16.7 Å². The third-order valence-electron chi connectivity index (χ3n) is 6.35. The molecule has 212 valence electrons. The van der Waals surface area contributed by atoms with Crippen molar-refractivity contribution in [1.29, 1.82) is 5.26 Å².